The van der Waals surface area contributed by atoms with Crippen molar-refractivity contribution in [3.05, 3.63) is 65.6 Å². The molecule has 0 spiro atoms. The molecule has 0 bridgehead atoms. The lowest BCUT2D eigenvalue weighted by Gasteiger charge is -2.14. The molecule has 1 saturated heterocycles. The van der Waals surface area contributed by atoms with E-state index in [4.69, 9.17) is 12.2 Å². The maximum absolute atomic E-state index is 13.9. The van der Waals surface area contributed by atoms with Crippen molar-refractivity contribution in [3.63, 3.8) is 0 Å². The molecule has 2 aromatic carbocycles. The average molecular weight is 364 g/mol. The molecule has 0 radical (unpaired) electrons. The Morgan fingerprint density at radius 3 is 2.52 bits per heavy atom. The molecule has 128 valence electrons. The van der Waals surface area contributed by atoms with Gasteiger partial charge in [0.25, 0.3) is 5.91 Å². The van der Waals surface area contributed by atoms with E-state index in [1.54, 1.807) is 12.1 Å². The minimum Gasteiger partial charge on any atom is -0.434 e. The summed E-state index contributed by atoms with van der Waals surface area (Å²) >= 11 is 5.09. The summed E-state index contributed by atoms with van der Waals surface area (Å²) in [5, 5.41) is 2.66. The van der Waals surface area contributed by atoms with E-state index in [-0.39, 0.29) is 27.8 Å². The topological polar surface area (TPSA) is 41.6 Å². The number of para-hydroxylation sites is 2. The zero-order valence-corrected chi connectivity index (χ0v) is 13.4. The van der Waals surface area contributed by atoms with Crippen LogP contribution in [0, 0.1) is 5.82 Å². The number of hydrogen-bond acceptors (Lipinski definition) is 3. The highest BCUT2D eigenvalue weighted by Gasteiger charge is 2.33. The van der Waals surface area contributed by atoms with Crippen molar-refractivity contribution in [1.82, 2.24) is 5.32 Å². The van der Waals surface area contributed by atoms with Crippen molar-refractivity contribution in [1.29, 1.82) is 0 Å². The summed E-state index contributed by atoms with van der Waals surface area (Å²) in [5.74, 6) is -1.29. The van der Waals surface area contributed by atoms with Gasteiger partial charge in [0.2, 0.25) is 0 Å². The Morgan fingerprint density at radius 1 is 1.12 bits per heavy atom. The first-order valence-corrected chi connectivity index (χ1v) is 7.53. The molecule has 0 saturated carbocycles. The molecule has 1 aliphatic heterocycles. The van der Waals surface area contributed by atoms with Crippen LogP contribution >= 0.6 is 12.2 Å². The number of carbonyl (C=O) groups excluding carboxylic acids is 1. The smallest absolute Gasteiger partial charge is 0.387 e. The van der Waals surface area contributed by atoms with Crippen molar-refractivity contribution in [2.75, 3.05) is 4.90 Å². The van der Waals surface area contributed by atoms with Gasteiger partial charge in [-0.2, -0.15) is 8.78 Å². The maximum Gasteiger partial charge on any atom is 0.387 e. The number of nitrogens with zero attached hydrogens (tertiary/aromatic N) is 1. The van der Waals surface area contributed by atoms with Gasteiger partial charge < -0.3 is 10.1 Å². The van der Waals surface area contributed by atoms with Gasteiger partial charge in [0.15, 0.2) is 5.11 Å². The van der Waals surface area contributed by atoms with Crippen molar-refractivity contribution < 1.29 is 22.7 Å². The fourth-order valence-corrected chi connectivity index (χ4v) is 2.64. The third-order valence-corrected chi connectivity index (χ3v) is 3.69. The summed E-state index contributed by atoms with van der Waals surface area (Å²) in [4.78, 5) is 13.6. The fourth-order valence-electron chi connectivity index (χ4n) is 2.35. The van der Waals surface area contributed by atoms with Gasteiger partial charge >= 0.3 is 6.61 Å². The third kappa shape index (κ3) is 3.48. The third-order valence-electron chi connectivity index (χ3n) is 3.41. The van der Waals surface area contributed by atoms with E-state index in [1.807, 2.05) is 0 Å². The normalized spacial score (nSPS) is 15.8. The first-order valence-electron chi connectivity index (χ1n) is 7.13. The van der Waals surface area contributed by atoms with E-state index in [0.717, 1.165) is 4.90 Å². The van der Waals surface area contributed by atoms with Crippen LogP contribution in [-0.2, 0) is 4.79 Å². The Kier molecular flexibility index (Phi) is 4.71. The molecule has 2 aromatic rings. The summed E-state index contributed by atoms with van der Waals surface area (Å²) in [6.07, 6.45) is 1.33. The minimum atomic E-state index is -3.00. The Labute approximate surface area is 146 Å². The van der Waals surface area contributed by atoms with Crippen LogP contribution < -0.4 is 15.0 Å². The molecule has 8 heteroatoms. The molecular formula is C17H11F3N2O2S. The number of thiocarbonyl (C=S) groups is 1. The van der Waals surface area contributed by atoms with E-state index < -0.39 is 18.3 Å². The van der Waals surface area contributed by atoms with Crippen LogP contribution in [0.3, 0.4) is 0 Å². The van der Waals surface area contributed by atoms with Crippen LogP contribution in [0.1, 0.15) is 5.56 Å². The molecule has 1 fully saturated rings. The number of ether oxygens (including phenoxy) is 1. The zero-order valence-electron chi connectivity index (χ0n) is 12.6. The second-order valence-electron chi connectivity index (χ2n) is 5.00. The van der Waals surface area contributed by atoms with Crippen LogP contribution in [-0.4, -0.2) is 17.6 Å². The molecule has 4 nitrogen and oxygen atoms in total. The number of hydrogen-bond donors (Lipinski definition) is 1. The van der Waals surface area contributed by atoms with E-state index >= 15 is 0 Å². The Bertz CT molecular complexity index is 870. The highest BCUT2D eigenvalue weighted by Crippen LogP contribution is 2.27. The van der Waals surface area contributed by atoms with Gasteiger partial charge in [-0.05, 0) is 36.5 Å². The predicted octanol–water partition coefficient (Wildman–Crippen LogP) is 3.69. The summed E-state index contributed by atoms with van der Waals surface area (Å²) in [7, 11) is 0. The standard InChI is InChI=1S/C17H11F3N2O2S/c18-11-6-2-3-7-13(11)22-15(23)12(21-17(22)25)9-10-5-1-4-8-14(10)24-16(19)20/h1-9,16H,(H,21,25)/b12-9-. The van der Waals surface area contributed by atoms with Crippen LogP contribution in [0.5, 0.6) is 5.75 Å². The number of rotatable bonds is 4. The Hall–Kier alpha value is -2.87. The number of halogens is 3. The largest absolute Gasteiger partial charge is 0.434 e. The molecule has 1 aliphatic rings. The summed E-state index contributed by atoms with van der Waals surface area (Å²) in [6, 6.07) is 11.7. The zero-order chi connectivity index (χ0) is 18.0. The molecule has 0 aliphatic carbocycles. The summed E-state index contributed by atoms with van der Waals surface area (Å²) in [6.45, 7) is -3.00. The van der Waals surface area contributed by atoms with E-state index in [2.05, 4.69) is 10.1 Å². The van der Waals surface area contributed by atoms with Crippen LogP contribution in [0.15, 0.2) is 54.2 Å². The second kappa shape index (κ2) is 6.94. The van der Waals surface area contributed by atoms with Crippen LogP contribution in [0.25, 0.3) is 6.08 Å². The van der Waals surface area contributed by atoms with E-state index in [1.165, 1.54) is 42.5 Å². The number of benzene rings is 2. The van der Waals surface area contributed by atoms with Gasteiger partial charge in [-0.1, -0.05) is 30.3 Å². The van der Waals surface area contributed by atoms with Gasteiger partial charge in [-0.15, -0.1) is 0 Å². The first-order chi connectivity index (χ1) is 12.0. The SMILES string of the molecule is O=C1/C(=C/c2ccccc2OC(F)F)NC(=S)N1c1ccccc1F. The quantitative estimate of drug-likeness (QED) is 0.664. The van der Waals surface area contributed by atoms with Crippen LogP contribution in [0.4, 0.5) is 18.9 Å². The van der Waals surface area contributed by atoms with Gasteiger partial charge in [0, 0.05) is 5.56 Å². The molecule has 25 heavy (non-hydrogen) atoms. The summed E-state index contributed by atoms with van der Waals surface area (Å²) in [5.41, 5.74) is 0.293. The molecule has 0 unspecified atom stereocenters. The number of nitrogens with one attached hydrogen (secondary N) is 1. The van der Waals surface area contributed by atoms with Crippen LogP contribution in [0.2, 0.25) is 0 Å². The molecule has 3 rings (SSSR count). The van der Waals surface area contributed by atoms with Gasteiger partial charge in [0.05, 0.1) is 5.69 Å². The van der Waals surface area contributed by atoms with Crippen molar-refractivity contribution in [2.24, 2.45) is 0 Å². The molecule has 1 N–H and O–H groups in total. The van der Waals surface area contributed by atoms with Crippen molar-refractivity contribution in [2.45, 2.75) is 6.61 Å². The second-order valence-corrected chi connectivity index (χ2v) is 5.38. The Morgan fingerprint density at radius 2 is 1.80 bits per heavy atom. The average Bonchev–Trinajstić information content (AvgIpc) is 2.84. The lowest BCUT2D eigenvalue weighted by molar-refractivity contribution is -0.113. The molecule has 0 atom stereocenters. The number of anilines is 1. The maximum atomic E-state index is 13.9. The molecule has 0 aromatic heterocycles. The molecule has 1 heterocycles. The van der Waals surface area contributed by atoms with Gasteiger partial charge in [-0.3, -0.25) is 4.79 Å². The number of amides is 1. The minimum absolute atomic E-state index is 0.00511. The fraction of sp³-hybridized carbons (Fsp3) is 0.0588. The Balaban J connectivity index is 1.96. The highest BCUT2D eigenvalue weighted by atomic mass is 32.1. The summed E-state index contributed by atoms with van der Waals surface area (Å²) < 4.78 is 43.3. The lowest BCUT2D eigenvalue weighted by Crippen LogP contribution is -2.31. The monoisotopic (exact) mass is 364 g/mol. The van der Waals surface area contributed by atoms with Gasteiger partial charge in [-0.25, -0.2) is 9.29 Å². The van der Waals surface area contributed by atoms with Crippen molar-refractivity contribution >= 4 is 35.0 Å². The van der Waals surface area contributed by atoms with E-state index in [9.17, 15) is 18.0 Å². The van der Waals surface area contributed by atoms with E-state index in [0.29, 0.717) is 0 Å². The van der Waals surface area contributed by atoms with Crippen molar-refractivity contribution in [3.8, 4) is 5.75 Å². The highest BCUT2D eigenvalue weighted by molar-refractivity contribution is 7.80. The van der Waals surface area contributed by atoms with Gasteiger partial charge in [0.1, 0.15) is 17.3 Å². The molecule has 1 amide bonds. The molecular weight excluding hydrogens is 353 g/mol. The number of carbonyl (C=O) groups is 1. The predicted molar refractivity (Wildman–Crippen MR) is 90.7 cm³/mol. The lowest BCUT2D eigenvalue weighted by atomic mass is 10.1. The first kappa shape index (κ1) is 17.0. The number of alkyl halides is 2.